The van der Waals surface area contributed by atoms with Crippen molar-refractivity contribution in [2.24, 2.45) is 0 Å². The summed E-state index contributed by atoms with van der Waals surface area (Å²) in [4.78, 5) is 10.5. The first-order valence-corrected chi connectivity index (χ1v) is 6.37. The minimum Gasteiger partial charge on any atom is -0.493 e. The second-order valence-corrected chi connectivity index (χ2v) is 4.21. The molecule has 0 aliphatic rings. The molecule has 0 saturated heterocycles. The molecule has 0 amide bonds. The van der Waals surface area contributed by atoms with Gasteiger partial charge in [0.1, 0.15) is 11.5 Å². The van der Waals surface area contributed by atoms with E-state index in [-0.39, 0.29) is 0 Å². The zero-order valence-corrected chi connectivity index (χ0v) is 11.9. The van der Waals surface area contributed by atoms with E-state index in [9.17, 15) is 4.79 Å². The third-order valence-corrected chi connectivity index (χ3v) is 2.69. The number of carbonyl (C=O) groups is 1. The number of rotatable bonds is 6. The molecule has 1 aromatic rings. The van der Waals surface area contributed by atoms with Gasteiger partial charge < -0.3 is 14.6 Å². The Kier molecular flexibility index (Phi) is 5.71. The molecule has 0 unspecified atom stereocenters. The van der Waals surface area contributed by atoms with Crippen molar-refractivity contribution in [3.05, 3.63) is 28.2 Å². The van der Waals surface area contributed by atoms with Crippen LogP contribution in [0.5, 0.6) is 11.5 Å². The van der Waals surface area contributed by atoms with Gasteiger partial charge in [0, 0.05) is 17.7 Å². The van der Waals surface area contributed by atoms with Crippen LogP contribution in [-0.4, -0.2) is 24.3 Å². The average molecular weight is 315 g/mol. The number of ether oxygens (including phenoxy) is 2. The van der Waals surface area contributed by atoms with Crippen LogP contribution in [0.4, 0.5) is 0 Å². The van der Waals surface area contributed by atoms with E-state index in [1.54, 1.807) is 12.1 Å². The first kappa shape index (κ1) is 14.6. The zero-order chi connectivity index (χ0) is 13.5. The molecule has 0 bridgehead atoms. The lowest BCUT2D eigenvalue weighted by Crippen LogP contribution is -1.98. The lowest BCUT2D eigenvalue weighted by Gasteiger charge is -2.12. The quantitative estimate of drug-likeness (QED) is 0.818. The van der Waals surface area contributed by atoms with E-state index in [0.717, 1.165) is 10.5 Å². The molecule has 18 heavy (non-hydrogen) atoms. The number of carboxylic acids is 1. The van der Waals surface area contributed by atoms with Gasteiger partial charge in [-0.15, -0.1) is 0 Å². The molecule has 5 heteroatoms. The Morgan fingerprint density at radius 3 is 2.44 bits per heavy atom. The predicted molar refractivity (Wildman–Crippen MR) is 73.1 cm³/mol. The summed E-state index contributed by atoms with van der Waals surface area (Å²) in [5.74, 6) is 0.275. The van der Waals surface area contributed by atoms with Crippen molar-refractivity contribution in [2.45, 2.75) is 13.8 Å². The van der Waals surface area contributed by atoms with Gasteiger partial charge in [-0.25, -0.2) is 4.79 Å². The number of hydrogen-bond acceptors (Lipinski definition) is 3. The highest BCUT2D eigenvalue weighted by Crippen LogP contribution is 2.34. The van der Waals surface area contributed by atoms with Gasteiger partial charge >= 0.3 is 5.97 Å². The van der Waals surface area contributed by atoms with Crippen molar-refractivity contribution in [2.75, 3.05) is 13.2 Å². The van der Waals surface area contributed by atoms with E-state index in [0.29, 0.717) is 30.3 Å². The third-order valence-electron chi connectivity index (χ3n) is 2.07. The van der Waals surface area contributed by atoms with Gasteiger partial charge in [0.15, 0.2) is 0 Å². The van der Waals surface area contributed by atoms with E-state index < -0.39 is 5.97 Å². The van der Waals surface area contributed by atoms with Gasteiger partial charge in [-0.05, 0) is 41.9 Å². The highest BCUT2D eigenvalue weighted by Gasteiger charge is 2.08. The van der Waals surface area contributed by atoms with Gasteiger partial charge in [0.05, 0.1) is 17.7 Å². The average Bonchev–Trinajstić information content (AvgIpc) is 2.31. The van der Waals surface area contributed by atoms with Crippen molar-refractivity contribution in [1.29, 1.82) is 0 Å². The molecule has 0 aliphatic heterocycles. The summed E-state index contributed by atoms with van der Waals surface area (Å²) < 4.78 is 11.7. The summed E-state index contributed by atoms with van der Waals surface area (Å²) in [7, 11) is 0. The number of halogens is 1. The standard InChI is InChI=1S/C13H15BrO4/c1-3-17-11-8-12(18-4-2)10(14)7-9(11)5-6-13(15)16/h5-8H,3-4H2,1-2H3,(H,15,16)/b6-5+. The first-order chi connectivity index (χ1) is 8.58. The molecule has 0 fully saturated rings. The molecule has 1 rings (SSSR count). The Balaban J connectivity index is 3.15. The van der Waals surface area contributed by atoms with Crippen LogP contribution in [0.25, 0.3) is 6.08 Å². The Morgan fingerprint density at radius 1 is 1.28 bits per heavy atom. The van der Waals surface area contributed by atoms with Crippen LogP contribution >= 0.6 is 15.9 Å². The van der Waals surface area contributed by atoms with E-state index >= 15 is 0 Å². The summed E-state index contributed by atoms with van der Waals surface area (Å²) in [5, 5.41) is 8.64. The van der Waals surface area contributed by atoms with Crippen molar-refractivity contribution >= 4 is 28.0 Å². The largest absolute Gasteiger partial charge is 0.493 e. The predicted octanol–water partition coefficient (Wildman–Crippen LogP) is 3.34. The van der Waals surface area contributed by atoms with Crippen molar-refractivity contribution in [3.63, 3.8) is 0 Å². The summed E-state index contributed by atoms with van der Waals surface area (Å²) in [6, 6.07) is 3.52. The maximum Gasteiger partial charge on any atom is 0.328 e. The van der Waals surface area contributed by atoms with E-state index in [1.807, 2.05) is 13.8 Å². The third kappa shape index (κ3) is 4.07. The molecule has 0 atom stereocenters. The zero-order valence-electron chi connectivity index (χ0n) is 10.3. The van der Waals surface area contributed by atoms with E-state index in [4.69, 9.17) is 14.6 Å². The second kappa shape index (κ2) is 7.06. The molecular formula is C13H15BrO4. The van der Waals surface area contributed by atoms with E-state index in [1.165, 1.54) is 6.08 Å². The SMILES string of the molecule is CCOc1cc(OCC)c(/C=C/C(=O)O)cc1Br. The molecular weight excluding hydrogens is 300 g/mol. The Hall–Kier alpha value is -1.49. The Labute approximate surface area is 114 Å². The smallest absolute Gasteiger partial charge is 0.328 e. The molecule has 1 N–H and O–H groups in total. The van der Waals surface area contributed by atoms with Crippen LogP contribution in [0.15, 0.2) is 22.7 Å². The monoisotopic (exact) mass is 314 g/mol. The topological polar surface area (TPSA) is 55.8 Å². The fourth-order valence-corrected chi connectivity index (χ4v) is 1.86. The van der Waals surface area contributed by atoms with E-state index in [2.05, 4.69) is 15.9 Å². The van der Waals surface area contributed by atoms with Gasteiger partial charge in [-0.3, -0.25) is 0 Å². The fraction of sp³-hybridized carbons (Fsp3) is 0.308. The van der Waals surface area contributed by atoms with Crippen LogP contribution in [-0.2, 0) is 4.79 Å². The van der Waals surface area contributed by atoms with Gasteiger partial charge in [-0.1, -0.05) is 0 Å². The molecule has 4 nitrogen and oxygen atoms in total. The van der Waals surface area contributed by atoms with Crippen LogP contribution < -0.4 is 9.47 Å². The van der Waals surface area contributed by atoms with Crippen LogP contribution in [0.2, 0.25) is 0 Å². The lowest BCUT2D eigenvalue weighted by molar-refractivity contribution is -0.131. The number of hydrogen-bond donors (Lipinski definition) is 1. The Bertz CT molecular complexity index is 455. The summed E-state index contributed by atoms with van der Waals surface area (Å²) in [5.41, 5.74) is 0.689. The molecule has 98 valence electrons. The maximum atomic E-state index is 10.5. The molecule has 1 aromatic carbocycles. The Morgan fingerprint density at radius 2 is 1.89 bits per heavy atom. The molecule has 0 aromatic heterocycles. The summed E-state index contributed by atoms with van der Waals surface area (Å²) in [6.07, 6.45) is 2.57. The second-order valence-electron chi connectivity index (χ2n) is 3.36. The van der Waals surface area contributed by atoms with Crippen molar-refractivity contribution in [3.8, 4) is 11.5 Å². The number of aliphatic carboxylic acids is 1. The highest BCUT2D eigenvalue weighted by atomic mass is 79.9. The molecule has 0 radical (unpaired) electrons. The first-order valence-electron chi connectivity index (χ1n) is 5.58. The van der Waals surface area contributed by atoms with Gasteiger partial charge in [0.25, 0.3) is 0 Å². The minimum absolute atomic E-state index is 0.501. The number of carboxylic acid groups (broad SMARTS) is 1. The summed E-state index contributed by atoms with van der Waals surface area (Å²) >= 11 is 3.38. The maximum absolute atomic E-state index is 10.5. The minimum atomic E-state index is -0.998. The molecule has 0 saturated carbocycles. The molecule has 0 aliphatic carbocycles. The van der Waals surface area contributed by atoms with Crippen LogP contribution in [0.3, 0.4) is 0 Å². The van der Waals surface area contributed by atoms with Gasteiger partial charge in [-0.2, -0.15) is 0 Å². The van der Waals surface area contributed by atoms with Crippen molar-refractivity contribution in [1.82, 2.24) is 0 Å². The van der Waals surface area contributed by atoms with Crippen molar-refractivity contribution < 1.29 is 19.4 Å². The molecule has 0 spiro atoms. The van der Waals surface area contributed by atoms with Gasteiger partial charge in [0.2, 0.25) is 0 Å². The molecule has 0 heterocycles. The lowest BCUT2D eigenvalue weighted by atomic mass is 10.1. The van der Waals surface area contributed by atoms with Crippen LogP contribution in [0.1, 0.15) is 19.4 Å². The normalized spacial score (nSPS) is 10.6. The summed E-state index contributed by atoms with van der Waals surface area (Å²) in [6.45, 7) is 4.81. The van der Waals surface area contributed by atoms with Crippen LogP contribution in [0, 0.1) is 0 Å². The number of benzene rings is 1. The fourth-order valence-electron chi connectivity index (χ4n) is 1.39. The highest BCUT2D eigenvalue weighted by molar-refractivity contribution is 9.10.